The van der Waals surface area contributed by atoms with Gasteiger partial charge in [0.1, 0.15) is 10.9 Å². The lowest BCUT2D eigenvalue weighted by atomic mass is 10.2. The average molecular weight is 364 g/mol. The first-order valence-corrected chi connectivity index (χ1v) is 8.82. The van der Waals surface area contributed by atoms with E-state index >= 15 is 0 Å². The van der Waals surface area contributed by atoms with Gasteiger partial charge in [0, 0.05) is 25.6 Å². The maximum absolute atomic E-state index is 12.2. The molecule has 2 rings (SSSR count). The minimum Gasteiger partial charge on any atom is -0.352 e. The molecule has 1 aromatic carbocycles. The van der Waals surface area contributed by atoms with Gasteiger partial charge in [0.15, 0.2) is 5.17 Å². The summed E-state index contributed by atoms with van der Waals surface area (Å²) in [5, 5.41) is 13.7. The first-order chi connectivity index (χ1) is 11.8. The Morgan fingerprint density at radius 3 is 2.68 bits per heavy atom. The van der Waals surface area contributed by atoms with Crippen molar-refractivity contribution in [3.8, 4) is 0 Å². The molecule has 0 bridgehead atoms. The molecule has 0 saturated carbocycles. The number of aliphatic imine (C=N–C) groups is 1. The van der Waals surface area contributed by atoms with E-state index in [1.54, 1.807) is 13.0 Å². The summed E-state index contributed by atoms with van der Waals surface area (Å²) in [7, 11) is 0. The molecule has 0 saturated heterocycles. The zero-order valence-corrected chi connectivity index (χ0v) is 15.1. The SMILES string of the molecule is CCN(CC)C1=NC(=O)C(CC(=O)Nc2ccc(C)cc2[N+](=O)[O-])S1. The van der Waals surface area contributed by atoms with Crippen molar-refractivity contribution in [2.45, 2.75) is 32.4 Å². The standard InChI is InChI=1S/C16H20N4O4S/c1-4-19(5-2)16-18-15(22)13(25-16)9-14(21)17-11-7-6-10(3)8-12(11)20(23)24/h6-8,13H,4-5,9H2,1-3H3,(H,17,21). The monoisotopic (exact) mass is 364 g/mol. The fourth-order valence-electron chi connectivity index (χ4n) is 2.41. The predicted octanol–water partition coefficient (Wildman–Crippen LogP) is 2.57. The minimum absolute atomic E-state index is 0.0806. The van der Waals surface area contributed by atoms with E-state index in [9.17, 15) is 19.7 Å². The van der Waals surface area contributed by atoms with Crippen LogP contribution >= 0.6 is 11.8 Å². The fourth-order valence-corrected chi connectivity index (χ4v) is 3.60. The summed E-state index contributed by atoms with van der Waals surface area (Å²) in [6.45, 7) is 7.12. The smallest absolute Gasteiger partial charge is 0.293 e. The topological polar surface area (TPSA) is 105 Å². The Morgan fingerprint density at radius 1 is 1.40 bits per heavy atom. The number of nitrogens with one attached hydrogen (secondary N) is 1. The average Bonchev–Trinajstić information content (AvgIpc) is 2.90. The van der Waals surface area contributed by atoms with Gasteiger partial charge in [0.05, 0.1) is 4.92 Å². The molecular formula is C16H20N4O4S. The van der Waals surface area contributed by atoms with Crippen LogP contribution in [0, 0.1) is 17.0 Å². The lowest BCUT2D eigenvalue weighted by Gasteiger charge is -2.19. The van der Waals surface area contributed by atoms with Crippen molar-refractivity contribution in [3.63, 3.8) is 0 Å². The highest BCUT2D eigenvalue weighted by molar-refractivity contribution is 8.15. The van der Waals surface area contributed by atoms with Crippen molar-refractivity contribution in [2.24, 2.45) is 4.99 Å². The molecule has 1 aliphatic heterocycles. The molecule has 134 valence electrons. The van der Waals surface area contributed by atoms with Gasteiger partial charge in [-0.1, -0.05) is 17.8 Å². The van der Waals surface area contributed by atoms with Gasteiger partial charge in [-0.3, -0.25) is 19.7 Å². The summed E-state index contributed by atoms with van der Waals surface area (Å²) < 4.78 is 0. The second kappa shape index (κ2) is 8.11. The number of carbonyl (C=O) groups excluding carboxylic acids is 2. The van der Waals surface area contributed by atoms with Crippen molar-refractivity contribution in [1.82, 2.24) is 4.90 Å². The fraction of sp³-hybridized carbons (Fsp3) is 0.438. The van der Waals surface area contributed by atoms with Crippen molar-refractivity contribution in [2.75, 3.05) is 18.4 Å². The van der Waals surface area contributed by atoms with Crippen LogP contribution < -0.4 is 5.32 Å². The van der Waals surface area contributed by atoms with Crippen LogP contribution in [0.1, 0.15) is 25.8 Å². The minimum atomic E-state index is -0.597. The number of hydrogen-bond donors (Lipinski definition) is 1. The number of aryl methyl sites for hydroxylation is 1. The Bertz CT molecular complexity index is 731. The highest BCUT2D eigenvalue weighted by Gasteiger charge is 2.32. The maximum Gasteiger partial charge on any atom is 0.293 e. The summed E-state index contributed by atoms with van der Waals surface area (Å²) in [6, 6.07) is 4.57. The molecule has 1 N–H and O–H groups in total. The zero-order chi connectivity index (χ0) is 18.6. The van der Waals surface area contributed by atoms with E-state index in [1.165, 1.54) is 23.9 Å². The number of thioether (sulfide) groups is 1. The first kappa shape index (κ1) is 18.9. The summed E-state index contributed by atoms with van der Waals surface area (Å²) in [5.74, 6) is -0.797. The van der Waals surface area contributed by atoms with E-state index in [0.29, 0.717) is 5.17 Å². The van der Waals surface area contributed by atoms with E-state index in [1.807, 2.05) is 18.7 Å². The molecule has 9 heteroatoms. The molecule has 8 nitrogen and oxygen atoms in total. The van der Waals surface area contributed by atoms with E-state index in [4.69, 9.17) is 0 Å². The van der Waals surface area contributed by atoms with Gasteiger partial charge in [0.25, 0.3) is 11.6 Å². The van der Waals surface area contributed by atoms with Gasteiger partial charge < -0.3 is 10.2 Å². The molecule has 1 aromatic rings. The van der Waals surface area contributed by atoms with Crippen molar-refractivity contribution >= 4 is 40.1 Å². The van der Waals surface area contributed by atoms with E-state index in [2.05, 4.69) is 10.3 Å². The second-order valence-electron chi connectivity index (χ2n) is 5.54. The number of amides is 2. The third-order valence-corrected chi connectivity index (χ3v) is 4.97. The quantitative estimate of drug-likeness (QED) is 0.614. The van der Waals surface area contributed by atoms with Crippen LogP contribution in [0.2, 0.25) is 0 Å². The molecular weight excluding hydrogens is 344 g/mol. The number of carbonyl (C=O) groups is 2. The molecule has 25 heavy (non-hydrogen) atoms. The van der Waals surface area contributed by atoms with Crippen LogP contribution in [0.3, 0.4) is 0 Å². The third kappa shape index (κ3) is 4.56. The van der Waals surface area contributed by atoms with Gasteiger partial charge in [-0.2, -0.15) is 4.99 Å². The predicted molar refractivity (Wildman–Crippen MR) is 97.8 cm³/mol. The number of anilines is 1. The van der Waals surface area contributed by atoms with Crippen LogP contribution in [0.5, 0.6) is 0 Å². The summed E-state index contributed by atoms with van der Waals surface area (Å²) in [5.41, 5.74) is 0.684. The molecule has 0 spiro atoms. The molecule has 1 heterocycles. The molecule has 1 atom stereocenters. The Kier molecular flexibility index (Phi) is 6.13. The number of nitro benzene ring substituents is 1. The Morgan fingerprint density at radius 2 is 2.08 bits per heavy atom. The maximum atomic E-state index is 12.2. The van der Waals surface area contributed by atoms with E-state index in [0.717, 1.165) is 18.7 Å². The van der Waals surface area contributed by atoms with Crippen molar-refractivity contribution in [1.29, 1.82) is 0 Å². The highest BCUT2D eigenvalue weighted by Crippen LogP contribution is 2.29. The molecule has 0 fully saturated rings. The summed E-state index contributed by atoms with van der Waals surface area (Å²) >= 11 is 1.26. The largest absolute Gasteiger partial charge is 0.352 e. The number of benzene rings is 1. The number of amidine groups is 1. The highest BCUT2D eigenvalue weighted by atomic mass is 32.2. The number of hydrogen-bond acceptors (Lipinski definition) is 6. The Labute approximate surface area is 149 Å². The van der Waals surface area contributed by atoms with Crippen LogP contribution in [-0.2, 0) is 9.59 Å². The van der Waals surface area contributed by atoms with E-state index < -0.39 is 16.1 Å². The lowest BCUT2D eigenvalue weighted by Crippen LogP contribution is -2.28. The lowest BCUT2D eigenvalue weighted by molar-refractivity contribution is -0.384. The molecule has 0 radical (unpaired) electrons. The van der Waals surface area contributed by atoms with Crippen LogP contribution in [-0.4, -0.2) is 45.1 Å². The summed E-state index contributed by atoms with van der Waals surface area (Å²) in [6.07, 6.45) is -0.0806. The first-order valence-electron chi connectivity index (χ1n) is 7.94. The molecule has 2 amide bonds. The Hall–Kier alpha value is -2.42. The van der Waals surface area contributed by atoms with Crippen LogP contribution in [0.4, 0.5) is 11.4 Å². The molecule has 1 aliphatic rings. The van der Waals surface area contributed by atoms with Crippen molar-refractivity contribution < 1.29 is 14.5 Å². The number of nitrogens with zero attached hydrogens (tertiary/aromatic N) is 3. The van der Waals surface area contributed by atoms with Gasteiger partial charge in [0.2, 0.25) is 5.91 Å². The van der Waals surface area contributed by atoms with Gasteiger partial charge in [-0.05, 0) is 32.4 Å². The number of nitro groups is 1. The summed E-state index contributed by atoms with van der Waals surface area (Å²) in [4.78, 5) is 40.8. The van der Waals surface area contributed by atoms with Crippen LogP contribution in [0.15, 0.2) is 23.2 Å². The van der Waals surface area contributed by atoms with E-state index in [-0.39, 0.29) is 23.7 Å². The zero-order valence-electron chi connectivity index (χ0n) is 14.3. The van der Waals surface area contributed by atoms with Gasteiger partial charge in [-0.25, -0.2) is 0 Å². The molecule has 0 aliphatic carbocycles. The second-order valence-corrected chi connectivity index (χ2v) is 6.71. The van der Waals surface area contributed by atoms with Crippen molar-refractivity contribution in [3.05, 3.63) is 33.9 Å². The number of rotatable bonds is 6. The third-order valence-electron chi connectivity index (χ3n) is 3.76. The molecule has 1 unspecified atom stereocenters. The van der Waals surface area contributed by atoms with Gasteiger partial charge >= 0.3 is 0 Å². The van der Waals surface area contributed by atoms with Crippen LogP contribution in [0.25, 0.3) is 0 Å². The Balaban J connectivity index is 2.03. The molecule has 0 aromatic heterocycles. The normalized spacial score (nSPS) is 16.5. The van der Waals surface area contributed by atoms with Gasteiger partial charge in [-0.15, -0.1) is 0 Å².